The van der Waals surface area contributed by atoms with Gasteiger partial charge in [-0.25, -0.2) is 4.98 Å². The quantitative estimate of drug-likeness (QED) is 0.730. The fourth-order valence-electron chi connectivity index (χ4n) is 3.86. The summed E-state index contributed by atoms with van der Waals surface area (Å²) in [4.78, 5) is 39.1. The first kappa shape index (κ1) is 22.7. The lowest BCUT2D eigenvalue weighted by molar-refractivity contribution is -0.132. The van der Waals surface area contributed by atoms with Crippen molar-refractivity contribution in [2.24, 2.45) is 0 Å². The third-order valence-electron chi connectivity index (χ3n) is 5.71. The third kappa shape index (κ3) is 6.01. The average molecular weight is 425 g/mol. The van der Waals surface area contributed by atoms with Gasteiger partial charge in [0.25, 0.3) is 5.91 Å². The lowest BCUT2D eigenvalue weighted by Crippen LogP contribution is -2.39. The first-order chi connectivity index (χ1) is 14.8. The van der Waals surface area contributed by atoms with Crippen LogP contribution in [0.3, 0.4) is 0 Å². The van der Waals surface area contributed by atoms with Crippen molar-refractivity contribution in [3.05, 3.63) is 53.5 Å². The van der Waals surface area contributed by atoms with E-state index in [1.54, 1.807) is 26.4 Å². The monoisotopic (exact) mass is 424 g/mol. The van der Waals surface area contributed by atoms with Crippen LogP contribution in [0.5, 0.6) is 0 Å². The van der Waals surface area contributed by atoms with Crippen molar-refractivity contribution < 1.29 is 9.59 Å². The molecule has 1 aliphatic rings. The van der Waals surface area contributed by atoms with Gasteiger partial charge in [-0.3, -0.25) is 14.6 Å². The Bertz CT molecular complexity index is 894. The van der Waals surface area contributed by atoms with E-state index >= 15 is 0 Å². The molecule has 0 radical (unpaired) electrons. The summed E-state index contributed by atoms with van der Waals surface area (Å²) in [5.74, 6) is 0.558. The number of pyridine rings is 2. The van der Waals surface area contributed by atoms with Gasteiger partial charge >= 0.3 is 0 Å². The highest BCUT2D eigenvalue weighted by molar-refractivity contribution is 5.98. The first-order valence-electron chi connectivity index (χ1n) is 10.7. The summed E-state index contributed by atoms with van der Waals surface area (Å²) in [6, 6.07) is 9.52. The summed E-state index contributed by atoms with van der Waals surface area (Å²) in [5, 5.41) is 0. The van der Waals surface area contributed by atoms with Gasteiger partial charge in [-0.1, -0.05) is 6.07 Å². The fraction of sp³-hybridized carbons (Fsp3) is 0.478. The number of nitrogens with zero attached hydrogens (tertiary/aromatic N) is 5. The third-order valence-corrected chi connectivity index (χ3v) is 5.71. The van der Waals surface area contributed by atoms with Crippen LogP contribution in [0.2, 0.25) is 0 Å². The number of anilines is 1. The Morgan fingerprint density at radius 2 is 1.87 bits per heavy atom. The van der Waals surface area contributed by atoms with E-state index in [-0.39, 0.29) is 23.6 Å². The molecule has 2 N–H and O–H groups in total. The molecule has 0 atom stereocenters. The number of rotatable bonds is 7. The van der Waals surface area contributed by atoms with Gasteiger partial charge in [0.1, 0.15) is 5.82 Å². The number of hydrogen-bond acceptors (Lipinski definition) is 6. The molecule has 0 aromatic carbocycles. The van der Waals surface area contributed by atoms with Crippen molar-refractivity contribution >= 4 is 17.6 Å². The van der Waals surface area contributed by atoms with Gasteiger partial charge < -0.3 is 20.4 Å². The average Bonchev–Trinajstić information content (AvgIpc) is 2.77. The number of aromatic nitrogens is 2. The molecule has 3 rings (SSSR count). The minimum absolute atomic E-state index is 0.148. The smallest absolute Gasteiger partial charge is 0.257 e. The molecule has 31 heavy (non-hydrogen) atoms. The summed E-state index contributed by atoms with van der Waals surface area (Å²) in [6.07, 6.45) is 3.99. The second-order valence-corrected chi connectivity index (χ2v) is 8.33. The zero-order valence-electron chi connectivity index (χ0n) is 18.6. The first-order valence-corrected chi connectivity index (χ1v) is 10.7. The second-order valence-electron chi connectivity index (χ2n) is 8.33. The molecule has 1 aliphatic heterocycles. The van der Waals surface area contributed by atoms with E-state index in [0.717, 1.165) is 30.8 Å². The normalized spacial score (nSPS) is 14.6. The molecule has 3 heterocycles. The molecule has 2 amide bonds. The van der Waals surface area contributed by atoms with Crippen LogP contribution in [-0.4, -0.2) is 77.3 Å². The summed E-state index contributed by atoms with van der Waals surface area (Å²) >= 11 is 0. The molecule has 2 aromatic rings. The largest absolute Gasteiger partial charge is 0.383 e. The van der Waals surface area contributed by atoms with Gasteiger partial charge in [-0.05, 0) is 44.2 Å². The maximum Gasteiger partial charge on any atom is 0.257 e. The summed E-state index contributed by atoms with van der Waals surface area (Å²) in [5.41, 5.74) is 8.36. The van der Waals surface area contributed by atoms with Crippen LogP contribution >= 0.6 is 0 Å². The topological polar surface area (TPSA) is 95.7 Å². The molecule has 0 spiro atoms. The van der Waals surface area contributed by atoms with E-state index in [0.29, 0.717) is 31.6 Å². The molecule has 0 unspecified atom stereocenters. The summed E-state index contributed by atoms with van der Waals surface area (Å²) in [6.45, 7) is 2.87. The number of amides is 2. The lowest BCUT2D eigenvalue weighted by atomic mass is 9.92. The Morgan fingerprint density at radius 3 is 2.48 bits per heavy atom. The van der Waals surface area contributed by atoms with E-state index in [1.807, 2.05) is 36.2 Å². The zero-order chi connectivity index (χ0) is 22.4. The lowest BCUT2D eigenvalue weighted by Gasteiger charge is -2.32. The predicted molar refractivity (Wildman–Crippen MR) is 120 cm³/mol. The Labute approximate surface area is 184 Å². The molecular weight excluding hydrogens is 392 g/mol. The highest BCUT2D eigenvalue weighted by Gasteiger charge is 2.25. The predicted octanol–water partition coefficient (Wildman–Crippen LogP) is 1.99. The summed E-state index contributed by atoms with van der Waals surface area (Å²) in [7, 11) is 5.40. The highest BCUT2D eigenvalue weighted by Crippen LogP contribution is 2.28. The standard InChI is InChI=1S/C23H32N6O2/c1-27(2)23(31)19-7-8-20(26-22(19)24)17-9-14-29(15-10-17)21(30)11-13-28(3)16-18-6-4-5-12-25-18/h4-8,12,17H,9-11,13-16H2,1-3H3,(H2,24,26). The van der Waals surface area contributed by atoms with Crippen molar-refractivity contribution in [3.8, 4) is 0 Å². The number of nitrogen functional groups attached to an aromatic ring is 1. The van der Waals surface area contributed by atoms with Gasteiger partial charge in [0.05, 0.1) is 11.3 Å². The minimum atomic E-state index is -0.148. The Hall–Kier alpha value is -3.00. The number of nitrogens with two attached hydrogens (primary N) is 1. The van der Waals surface area contributed by atoms with Crippen LogP contribution in [-0.2, 0) is 11.3 Å². The molecular formula is C23H32N6O2. The zero-order valence-corrected chi connectivity index (χ0v) is 18.6. The molecule has 166 valence electrons. The maximum atomic E-state index is 12.6. The van der Waals surface area contributed by atoms with Crippen LogP contribution < -0.4 is 5.73 Å². The van der Waals surface area contributed by atoms with Crippen LogP contribution in [0.15, 0.2) is 36.5 Å². The number of piperidine rings is 1. The SMILES string of the molecule is CN(CCC(=O)N1CCC(c2ccc(C(=O)N(C)C)c(N)n2)CC1)Cc1ccccn1. The van der Waals surface area contributed by atoms with E-state index in [2.05, 4.69) is 14.9 Å². The van der Waals surface area contributed by atoms with Gasteiger partial charge in [0, 0.05) is 64.5 Å². The van der Waals surface area contributed by atoms with Crippen molar-refractivity contribution in [3.63, 3.8) is 0 Å². The number of likely N-dealkylation sites (tertiary alicyclic amines) is 1. The van der Waals surface area contributed by atoms with Crippen molar-refractivity contribution in [1.29, 1.82) is 0 Å². The van der Waals surface area contributed by atoms with Crippen molar-refractivity contribution in [2.75, 3.05) is 46.5 Å². The Morgan fingerprint density at radius 1 is 1.13 bits per heavy atom. The number of carbonyl (C=O) groups is 2. The molecule has 8 nitrogen and oxygen atoms in total. The Kier molecular flexibility index (Phi) is 7.57. The molecule has 0 aliphatic carbocycles. The van der Waals surface area contributed by atoms with Gasteiger partial charge in [-0.15, -0.1) is 0 Å². The molecule has 0 saturated carbocycles. The molecule has 1 saturated heterocycles. The van der Waals surface area contributed by atoms with E-state index in [1.165, 1.54) is 4.90 Å². The summed E-state index contributed by atoms with van der Waals surface area (Å²) < 4.78 is 0. The van der Waals surface area contributed by atoms with Gasteiger partial charge in [-0.2, -0.15) is 0 Å². The van der Waals surface area contributed by atoms with E-state index in [9.17, 15) is 9.59 Å². The molecule has 2 aromatic heterocycles. The van der Waals surface area contributed by atoms with Crippen LogP contribution in [0.25, 0.3) is 0 Å². The van der Waals surface area contributed by atoms with Crippen molar-refractivity contribution in [2.45, 2.75) is 31.7 Å². The Balaban J connectivity index is 1.47. The highest BCUT2D eigenvalue weighted by atomic mass is 16.2. The van der Waals surface area contributed by atoms with Crippen molar-refractivity contribution in [1.82, 2.24) is 24.7 Å². The molecule has 1 fully saturated rings. The van der Waals surface area contributed by atoms with Gasteiger partial charge in [0.15, 0.2) is 0 Å². The number of carbonyl (C=O) groups excluding carboxylic acids is 2. The van der Waals surface area contributed by atoms with Crippen LogP contribution in [0.4, 0.5) is 5.82 Å². The van der Waals surface area contributed by atoms with E-state index < -0.39 is 0 Å². The molecule has 8 heteroatoms. The number of hydrogen-bond donors (Lipinski definition) is 1. The minimum Gasteiger partial charge on any atom is -0.383 e. The molecule has 0 bridgehead atoms. The van der Waals surface area contributed by atoms with E-state index in [4.69, 9.17) is 5.73 Å². The fourth-order valence-corrected chi connectivity index (χ4v) is 3.86. The van der Waals surface area contributed by atoms with Crippen LogP contribution in [0, 0.1) is 0 Å². The van der Waals surface area contributed by atoms with Crippen LogP contribution in [0.1, 0.15) is 46.9 Å². The second kappa shape index (κ2) is 10.3. The van der Waals surface area contributed by atoms with Gasteiger partial charge in [0.2, 0.25) is 5.91 Å². The maximum absolute atomic E-state index is 12.6.